The average molecular weight is 492 g/mol. The normalized spacial score (nSPS) is 13.0. The molecule has 4 aromatic rings. The Kier molecular flexibility index (Phi) is 5.98. The fraction of sp³-hybridized carbons (Fsp3) is 0.357. The Bertz CT molecular complexity index is 1500. The second kappa shape index (κ2) is 9.00. The van der Waals surface area contributed by atoms with Gasteiger partial charge in [-0.25, -0.2) is 9.18 Å². The molecule has 0 saturated heterocycles. The largest absolute Gasteiger partial charge is 0.493 e. The molecule has 5 rings (SSSR count). The van der Waals surface area contributed by atoms with Crippen LogP contribution in [-0.2, 0) is 35.6 Å². The summed E-state index contributed by atoms with van der Waals surface area (Å²) in [4.78, 5) is 25.3. The van der Waals surface area contributed by atoms with Gasteiger partial charge in [0.25, 0.3) is 0 Å². The molecule has 36 heavy (non-hydrogen) atoms. The molecule has 0 atom stereocenters. The number of nitrogens with zero attached hydrogens (tertiary/aromatic N) is 3. The van der Waals surface area contributed by atoms with Crippen LogP contribution in [-0.4, -0.2) is 30.4 Å². The van der Waals surface area contributed by atoms with Crippen LogP contribution in [0.25, 0.3) is 10.9 Å². The van der Waals surface area contributed by atoms with E-state index in [1.807, 2.05) is 39.0 Å². The predicted octanol–water partition coefficient (Wildman–Crippen LogP) is 4.57. The van der Waals surface area contributed by atoms with Gasteiger partial charge in [-0.05, 0) is 56.5 Å². The second-order valence-electron chi connectivity index (χ2n) is 10.3. The lowest BCUT2D eigenvalue weighted by molar-refractivity contribution is -0.154. The van der Waals surface area contributed by atoms with Gasteiger partial charge in [-0.1, -0.05) is 30.3 Å². The Morgan fingerprint density at radius 2 is 1.78 bits per heavy atom. The number of halogens is 1. The number of carbonyl (C=O) groups excluding carboxylic acids is 1. The van der Waals surface area contributed by atoms with Crippen molar-refractivity contribution in [3.63, 3.8) is 0 Å². The third-order valence-corrected chi connectivity index (χ3v) is 6.58. The highest BCUT2D eigenvalue weighted by atomic mass is 19.1. The molecule has 2 aromatic carbocycles. The Balaban J connectivity index is 1.45. The number of benzene rings is 2. The first-order valence-electron chi connectivity index (χ1n) is 12.2. The highest BCUT2D eigenvalue weighted by Crippen LogP contribution is 2.35. The second-order valence-corrected chi connectivity index (χ2v) is 10.3. The van der Waals surface area contributed by atoms with Crippen molar-refractivity contribution < 1.29 is 19.0 Å². The Labute approximate surface area is 208 Å². The molecule has 188 valence electrons. The Hall–Kier alpha value is -3.81. The van der Waals surface area contributed by atoms with Crippen LogP contribution in [0.4, 0.5) is 4.39 Å². The minimum Gasteiger partial charge on any atom is -0.493 e. The molecule has 0 radical (unpaired) electrons. The van der Waals surface area contributed by atoms with E-state index in [1.54, 1.807) is 16.7 Å². The smallest absolute Gasteiger partial charge is 0.331 e. The van der Waals surface area contributed by atoms with E-state index < -0.39 is 5.60 Å². The summed E-state index contributed by atoms with van der Waals surface area (Å²) in [7, 11) is 0. The summed E-state index contributed by atoms with van der Waals surface area (Å²) in [5.41, 5.74) is 3.80. The van der Waals surface area contributed by atoms with Crippen LogP contribution in [0.3, 0.4) is 0 Å². The van der Waals surface area contributed by atoms with Gasteiger partial charge in [0, 0.05) is 42.5 Å². The zero-order chi connectivity index (χ0) is 25.6. The number of hydrogen-bond donors (Lipinski definition) is 1. The van der Waals surface area contributed by atoms with E-state index >= 15 is 0 Å². The molecular weight excluding hydrogens is 461 g/mol. The molecule has 1 N–H and O–H groups in total. The number of fused-ring (bicyclic) bond motifs is 4. The van der Waals surface area contributed by atoms with Crippen LogP contribution in [0.15, 0.2) is 53.3 Å². The number of para-hydroxylation sites is 1. The first-order valence-corrected chi connectivity index (χ1v) is 12.2. The maximum absolute atomic E-state index is 13.5. The van der Waals surface area contributed by atoms with Crippen LogP contribution < -0.4 is 5.69 Å². The van der Waals surface area contributed by atoms with Crippen molar-refractivity contribution in [3.05, 3.63) is 87.3 Å². The van der Waals surface area contributed by atoms with Crippen molar-refractivity contribution in [2.24, 2.45) is 0 Å². The molecule has 0 bridgehead atoms. The molecule has 0 fully saturated rings. The summed E-state index contributed by atoms with van der Waals surface area (Å²) in [6, 6.07) is 14.5. The first kappa shape index (κ1) is 23.9. The van der Waals surface area contributed by atoms with Gasteiger partial charge in [0.2, 0.25) is 5.88 Å². The van der Waals surface area contributed by atoms with Crippen LogP contribution >= 0.6 is 0 Å². The van der Waals surface area contributed by atoms with Crippen molar-refractivity contribution in [3.8, 4) is 5.88 Å². The van der Waals surface area contributed by atoms with Crippen molar-refractivity contribution in [2.75, 3.05) is 0 Å². The van der Waals surface area contributed by atoms with Gasteiger partial charge in [-0.2, -0.15) is 0 Å². The molecule has 0 spiro atoms. The standard InChI is InChI=1S/C28H30FN3O4/c1-28(2,3)36-25(33)9-6-14-30-26(34)23-15-21-20-7-4-5-8-22(20)31(24(21)17-32(23)27(30)35)16-18-10-12-19(29)13-11-18/h4-5,7-8,10-13,34H,6,9,14-17H2,1-3H3. The van der Waals surface area contributed by atoms with Gasteiger partial charge in [-0.3, -0.25) is 13.9 Å². The number of esters is 1. The lowest BCUT2D eigenvalue weighted by atomic mass is 10.0. The molecule has 1 aliphatic heterocycles. The van der Waals surface area contributed by atoms with Gasteiger partial charge in [0.05, 0.1) is 12.2 Å². The number of aromatic hydroxyl groups is 1. The fourth-order valence-electron chi connectivity index (χ4n) is 5.02. The molecule has 1 aliphatic rings. The number of imidazole rings is 1. The van der Waals surface area contributed by atoms with Crippen molar-refractivity contribution in [1.82, 2.24) is 13.7 Å². The van der Waals surface area contributed by atoms with Crippen LogP contribution in [0.5, 0.6) is 5.88 Å². The third-order valence-electron chi connectivity index (χ3n) is 6.58. The van der Waals surface area contributed by atoms with Crippen LogP contribution in [0, 0.1) is 5.82 Å². The van der Waals surface area contributed by atoms with E-state index in [1.165, 1.54) is 16.7 Å². The van der Waals surface area contributed by atoms with E-state index in [9.17, 15) is 19.1 Å². The van der Waals surface area contributed by atoms with Gasteiger partial charge in [-0.15, -0.1) is 0 Å². The minimum atomic E-state index is -0.562. The molecule has 2 aromatic heterocycles. The van der Waals surface area contributed by atoms with Gasteiger partial charge in [0.1, 0.15) is 11.4 Å². The average Bonchev–Trinajstić information content (AvgIpc) is 3.25. The number of ether oxygens (including phenoxy) is 1. The van der Waals surface area contributed by atoms with Crippen LogP contribution in [0.2, 0.25) is 0 Å². The van der Waals surface area contributed by atoms with Gasteiger partial charge in [0.15, 0.2) is 0 Å². The highest BCUT2D eigenvalue weighted by molar-refractivity contribution is 5.86. The summed E-state index contributed by atoms with van der Waals surface area (Å²) in [6.07, 6.45) is 0.974. The summed E-state index contributed by atoms with van der Waals surface area (Å²) in [5, 5.41) is 12.0. The molecular formula is C28H30FN3O4. The van der Waals surface area contributed by atoms with E-state index in [2.05, 4.69) is 10.6 Å². The SMILES string of the molecule is CC(C)(C)OC(=O)CCCn1c(O)c2n(c1=O)Cc1c(c3ccccc3n1Cc1ccc(F)cc1)C2. The molecule has 0 aliphatic carbocycles. The lowest BCUT2D eigenvalue weighted by Gasteiger charge is -2.19. The maximum atomic E-state index is 13.5. The highest BCUT2D eigenvalue weighted by Gasteiger charge is 2.29. The summed E-state index contributed by atoms with van der Waals surface area (Å²) >= 11 is 0. The lowest BCUT2D eigenvalue weighted by Crippen LogP contribution is -2.29. The minimum absolute atomic E-state index is 0.0507. The molecule has 0 saturated carbocycles. The first-order chi connectivity index (χ1) is 17.1. The number of hydrogen-bond acceptors (Lipinski definition) is 4. The van der Waals surface area contributed by atoms with Gasteiger partial charge < -0.3 is 14.4 Å². The van der Waals surface area contributed by atoms with E-state index in [0.29, 0.717) is 31.6 Å². The monoisotopic (exact) mass is 491 g/mol. The zero-order valence-electron chi connectivity index (χ0n) is 20.8. The topological polar surface area (TPSA) is 78.4 Å². The van der Waals surface area contributed by atoms with Crippen molar-refractivity contribution in [2.45, 2.75) is 65.3 Å². The summed E-state index contributed by atoms with van der Waals surface area (Å²) in [6.45, 7) is 6.53. The van der Waals surface area contributed by atoms with Crippen molar-refractivity contribution >= 4 is 16.9 Å². The zero-order valence-corrected chi connectivity index (χ0v) is 20.8. The van der Waals surface area contributed by atoms with E-state index in [4.69, 9.17) is 4.74 Å². The van der Waals surface area contributed by atoms with Crippen molar-refractivity contribution in [1.29, 1.82) is 0 Å². The maximum Gasteiger partial charge on any atom is 0.331 e. The number of aromatic nitrogens is 3. The number of carbonyl (C=O) groups is 1. The predicted molar refractivity (Wildman–Crippen MR) is 135 cm³/mol. The van der Waals surface area contributed by atoms with Gasteiger partial charge >= 0.3 is 11.7 Å². The summed E-state index contributed by atoms with van der Waals surface area (Å²) < 4.78 is 23.9. The molecule has 3 heterocycles. The molecule has 0 amide bonds. The Morgan fingerprint density at radius 3 is 2.50 bits per heavy atom. The quantitative estimate of drug-likeness (QED) is 0.353. The van der Waals surface area contributed by atoms with E-state index in [-0.39, 0.29) is 36.3 Å². The number of rotatable bonds is 6. The fourth-order valence-corrected chi connectivity index (χ4v) is 5.02. The van der Waals surface area contributed by atoms with Crippen LogP contribution in [0.1, 0.15) is 56.1 Å². The third kappa shape index (κ3) is 4.43. The molecule has 8 heteroatoms. The Morgan fingerprint density at radius 1 is 1.06 bits per heavy atom. The summed E-state index contributed by atoms with van der Waals surface area (Å²) in [5.74, 6) is -0.657. The molecule has 0 unspecified atom stereocenters. The van der Waals surface area contributed by atoms with E-state index in [0.717, 1.165) is 27.7 Å². The molecule has 7 nitrogen and oxygen atoms in total.